The van der Waals surface area contributed by atoms with E-state index in [1.165, 1.54) is 17.8 Å². The number of nitrogen functional groups attached to an aromatic ring is 1. The van der Waals surface area contributed by atoms with E-state index in [-0.39, 0.29) is 18.6 Å². The highest BCUT2D eigenvalue weighted by Gasteiger charge is 2.28. The number of aromatic nitrogens is 1. The van der Waals surface area contributed by atoms with Crippen LogP contribution in [0.5, 0.6) is 0 Å². The third-order valence-electron chi connectivity index (χ3n) is 5.60. The number of nitrogens with zero attached hydrogens (tertiary/aromatic N) is 1. The van der Waals surface area contributed by atoms with Crippen LogP contribution in [0.1, 0.15) is 54.0 Å². The van der Waals surface area contributed by atoms with Crippen LogP contribution in [-0.2, 0) is 9.53 Å². The zero-order valence-electron chi connectivity index (χ0n) is 16.3. The fraction of sp³-hybridized carbons (Fsp3) is 0.550. The van der Waals surface area contributed by atoms with Crippen LogP contribution in [0.2, 0.25) is 0 Å². The van der Waals surface area contributed by atoms with Gasteiger partial charge in [0.15, 0.2) is 6.61 Å². The number of esters is 1. The molecule has 0 saturated heterocycles. The quantitative estimate of drug-likeness (QED) is 0.779. The number of thiophene rings is 1. The smallest absolute Gasteiger partial charge is 0.351 e. The first-order chi connectivity index (χ1) is 12.8. The van der Waals surface area contributed by atoms with Crippen LogP contribution >= 0.6 is 11.3 Å². The van der Waals surface area contributed by atoms with E-state index in [1.807, 2.05) is 19.9 Å². The molecular formula is C20H27N3O3S. The molecule has 0 bridgehead atoms. The fourth-order valence-electron chi connectivity index (χ4n) is 3.85. The Morgan fingerprint density at radius 2 is 2.07 bits per heavy atom. The topological polar surface area (TPSA) is 94.3 Å². The molecule has 0 unspecified atom stereocenters. The Bertz CT molecular complexity index is 877. The van der Waals surface area contributed by atoms with E-state index in [0.29, 0.717) is 27.2 Å². The lowest BCUT2D eigenvalue weighted by atomic mass is 9.78. The second-order valence-corrected chi connectivity index (χ2v) is 8.62. The van der Waals surface area contributed by atoms with E-state index in [0.717, 1.165) is 29.5 Å². The van der Waals surface area contributed by atoms with Crippen LogP contribution < -0.4 is 11.1 Å². The summed E-state index contributed by atoms with van der Waals surface area (Å²) in [6, 6.07) is 2.07. The summed E-state index contributed by atoms with van der Waals surface area (Å²) in [7, 11) is 0. The molecule has 6 nitrogen and oxygen atoms in total. The van der Waals surface area contributed by atoms with Gasteiger partial charge in [-0.05, 0) is 43.7 Å². The zero-order chi connectivity index (χ0) is 19.7. The average Bonchev–Trinajstić information content (AvgIpc) is 2.93. The van der Waals surface area contributed by atoms with E-state index in [4.69, 9.17) is 10.5 Å². The molecule has 7 heteroatoms. The maximum Gasteiger partial charge on any atom is 0.351 e. The molecule has 0 spiro atoms. The SMILES string of the molecule is Cc1cc(C)c2c(N)c(C(=O)OCC(=O)N[C@@H]3CCC[C@H](C)[C@@H]3C)sc2n1. The van der Waals surface area contributed by atoms with Gasteiger partial charge in [-0.1, -0.05) is 26.7 Å². The van der Waals surface area contributed by atoms with Crippen molar-refractivity contribution in [3.8, 4) is 0 Å². The van der Waals surface area contributed by atoms with Gasteiger partial charge in [0, 0.05) is 17.1 Å². The number of anilines is 1. The molecule has 0 radical (unpaired) electrons. The van der Waals surface area contributed by atoms with E-state index in [2.05, 4.69) is 24.1 Å². The Hall–Kier alpha value is -2.15. The van der Waals surface area contributed by atoms with Crippen molar-refractivity contribution >= 4 is 39.1 Å². The van der Waals surface area contributed by atoms with E-state index >= 15 is 0 Å². The second kappa shape index (κ2) is 7.84. The molecule has 2 aromatic heterocycles. The Morgan fingerprint density at radius 1 is 1.33 bits per heavy atom. The van der Waals surface area contributed by atoms with Gasteiger partial charge in [-0.2, -0.15) is 0 Å². The van der Waals surface area contributed by atoms with Crippen LogP contribution in [0, 0.1) is 25.7 Å². The van der Waals surface area contributed by atoms with E-state index in [9.17, 15) is 9.59 Å². The van der Waals surface area contributed by atoms with Gasteiger partial charge >= 0.3 is 5.97 Å². The van der Waals surface area contributed by atoms with Crippen LogP contribution in [0.25, 0.3) is 10.2 Å². The lowest BCUT2D eigenvalue weighted by Crippen LogP contribution is -2.45. The predicted molar refractivity (Wildman–Crippen MR) is 108 cm³/mol. The fourth-order valence-corrected chi connectivity index (χ4v) is 4.96. The zero-order valence-corrected chi connectivity index (χ0v) is 17.1. The summed E-state index contributed by atoms with van der Waals surface area (Å²) in [4.78, 5) is 30.1. The first kappa shape index (κ1) is 19.6. The maximum atomic E-state index is 12.4. The molecule has 0 aliphatic heterocycles. The van der Waals surface area contributed by atoms with Crippen LogP contribution in [0.15, 0.2) is 6.07 Å². The predicted octanol–water partition coefficient (Wildman–Crippen LogP) is 3.59. The lowest BCUT2D eigenvalue weighted by Gasteiger charge is -2.34. The third kappa shape index (κ3) is 4.08. The van der Waals surface area contributed by atoms with Gasteiger partial charge in [-0.3, -0.25) is 4.79 Å². The van der Waals surface area contributed by atoms with Gasteiger partial charge < -0.3 is 15.8 Å². The minimum atomic E-state index is -0.576. The van der Waals surface area contributed by atoms with Crippen molar-refractivity contribution in [1.82, 2.24) is 10.3 Å². The number of hydrogen-bond acceptors (Lipinski definition) is 6. The molecule has 2 aromatic rings. The largest absolute Gasteiger partial charge is 0.451 e. The molecule has 3 N–H and O–H groups in total. The van der Waals surface area contributed by atoms with Gasteiger partial charge in [0.05, 0.1) is 5.69 Å². The molecule has 1 amide bonds. The first-order valence-corrected chi connectivity index (χ1v) is 10.2. The van der Waals surface area contributed by atoms with E-state index < -0.39 is 5.97 Å². The number of hydrogen-bond donors (Lipinski definition) is 2. The maximum absolute atomic E-state index is 12.4. The summed E-state index contributed by atoms with van der Waals surface area (Å²) in [6.45, 7) is 7.92. The van der Waals surface area contributed by atoms with Gasteiger partial charge in [0.25, 0.3) is 5.91 Å². The third-order valence-corrected chi connectivity index (χ3v) is 6.68. The monoisotopic (exact) mass is 389 g/mol. The summed E-state index contributed by atoms with van der Waals surface area (Å²) in [6.07, 6.45) is 3.28. The minimum Gasteiger partial charge on any atom is -0.451 e. The highest BCUT2D eigenvalue weighted by Crippen LogP contribution is 2.35. The normalized spacial score (nSPS) is 22.6. The molecule has 0 aromatic carbocycles. The van der Waals surface area contributed by atoms with Gasteiger partial charge in [-0.15, -0.1) is 11.3 Å². The number of fused-ring (bicyclic) bond motifs is 1. The van der Waals surface area contributed by atoms with Crippen molar-refractivity contribution in [2.45, 2.75) is 53.0 Å². The number of nitrogens with two attached hydrogens (primary N) is 1. The molecule has 3 atom stereocenters. The average molecular weight is 390 g/mol. The summed E-state index contributed by atoms with van der Waals surface area (Å²) in [5, 5.41) is 3.79. The molecule has 1 fully saturated rings. The number of ether oxygens (including phenoxy) is 1. The number of carbonyl (C=O) groups excluding carboxylic acids is 2. The summed E-state index contributed by atoms with van der Waals surface area (Å²) < 4.78 is 5.23. The highest BCUT2D eigenvalue weighted by atomic mass is 32.1. The van der Waals surface area contributed by atoms with Crippen molar-refractivity contribution in [1.29, 1.82) is 0 Å². The Labute approximate surface area is 163 Å². The Balaban J connectivity index is 1.64. The number of pyridine rings is 1. The minimum absolute atomic E-state index is 0.143. The van der Waals surface area contributed by atoms with Crippen LogP contribution in [0.4, 0.5) is 5.69 Å². The molecule has 2 heterocycles. The van der Waals surface area contributed by atoms with Gasteiger partial charge in [-0.25, -0.2) is 9.78 Å². The summed E-state index contributed by atoms with van der Waals surface area (Å²) >= 11 is 1.21. The number of aryl methyl sites for hydroxylation is 2. The molecular weight excluding hydrogens is 362 g/mol. The van der Waals surface area contributed by atoms with Gasteiger partial charge in [0.1, 0.15) is 9.71 Å². The van der Waals surface area contributed by atoms with E-state index in [1.54, 1.807) is 0 Å². The highest BCUT2D eigenvalue weighted by molar-refractivity contribution is 7.21. The number of rotatable bonds is 4. The lowest BCUT2D eigenvalue weighted by molar-refractivity contribution is -0.125. The molecule has 1 aliphatic carbocycles. The number of carbonyl (C=O) groups is 2. The first-order valence-electron chi connectivity index (χ1n) is 9.40. The van der Waals surface area contributed by atoms with Crippen molar-refractivity contribution in [2.75, 3.05) is 12.3 Å². The van der Waals surface area contributed by atoms with Crippen molar-refractivity contribution < 1.29 is 14.3 Å². The second-order valence-electron chi connectivity index (χ2n) is 7.62. The summed E-state index contributed by atoms with van der Waals surface area (Å²) in [5.74, 6) is 0.171. The molecule has 1 aliphatic rings. The molecule has 3 rings (SSSR count). The van der Waals surface area contributed by atoms with Gasteiger partial charge in [0.2, 0.25) is 0 Å². The van der Waals surface area contributed by atoms with Crippen molar-refractivity contribution in [3.05, 3.63) is 22.2 Å². The standard InChI is InChI=1S/C20H27N3O3S/c1-10-6-5-7-14(13(10)4)23-15(24)9-26-20(25)18-17(21)16-11(2)8-12(3)22-19(16)27-18/h8,10,13-14H,5-7,9,21H2,1-4H3,(H,23,24)/t10-,13-,14+/m0/s1. The summed E-state index contributed by atoms with van der Waals surface area (Å²) in [5.41, 5.74) is 8.37. The van der Waals surface area contributed by atoms with Crippen molar-refractivity contribution in [3.63, 3.8) is 0 Å². The number of nitrogens with one attached hydrogen (secondary N) is 1. The molecule has 1 saturated carbocycles. The Kier molecular flexibility index (Phi) is 5.69. The molecule has 146 valence electrons. The van der Waals surface area contributed by atoms with Crippen molar-refractivity contribution in [2.24, 2.45) is 11.8 Å². The van der Waals surface area contributed by atoms with Crippen LogP contribution in [0.3, 0.4) is 0 Å². The number of amides is 1. The molecule has 27 heavy (non-hydrogen) atoms. The van der Waals surface area contributed by atoms with Crippen LogP contribution in [-0.4, -0.2) is 29.5 Å². The Morgan fingerprint density at radius 3 is 2.81 bits per heavy atom.